The Hall–Kier alpha value is -2.45. The van der Waals surface area contributed by atoms with Gasteiger partial charge in [-0.15, -0.1) is 0 Å². The van der Waals surface area contributed by atoms with Gasteiger partial charge in [0.15, 0.2) is 0 Å². The van der Waals surface area contributed by atoms with Crippen LogP contribution in [-0.4, -0.2) is 16.4 Å². The van der Waals surface area contributed by atoms with Crippen molar-refractivity contribution >= 4 is 0 Å². The molecule has 0 spiro atoms. The van der Waals surface area contributed by atoms with E-state index < -0.39 is 0 Å². The van der Waals surface area contributed by atoms with Crippen molar-refractivity contribution in [2.45, 2.75) is 72.9 Å². The Morgan fingerprint density at radius 1 is 0.935 bits per heavy atom. The molecule has 2 aromatic carbocycles. The molecule has 162 valence electrons. The molecular weight excluding hydrogens is 376 g/mol. The monoisotopic (exact) mass is 412 g/mol. The molecule has 2 nitrogen and oxygen atoms in total. The zero-order valence-electron chi connectivity index (χ0n) is 19.8. The molecule has 1 atom stereocenters. The predicted octanol–water partition coefficient (Wildman–Crippen LogP) is 7.00. The third-order valence-corrected chi connectivity index (χ3v) is 7.08. The highest BCUT2D eigenvalue weighted by molar-refractivity contribution is 5.69. The highest BCUT2D eigenvalue weighted by Crippen LogP contribution is 2.35. The van der Waals surface area contributed by atoms with Crippen LogP contribution in [0.3, 0.4) is 0 Å². The molecule has 31 heavy (non-hydrogen) atoms. The van der Waals surface area contributed by atoms with Gasteiger partial charge >= 0.3 is 0 Å². The first-order valence-corrected chi connectivity index (χ1v) is 12.0. The molecule has 1 aliphatic rings. The smallest absolute Gasteiger partial charge is 0.0713 e. The molecule has 2 heterocycles. The van der Waals surface area contributed by atoms with E-state index in [2.05, 4.69) is 88.0 Å². The van der Waals surface area contributed by atoms with Crippen molar-refractivity contribution in [3.05, 3.63) is 87.6 Å². The quantitative estimate of drug-likeness (QED) is 0.433. The topological polar surface area (TPSA) is 16.1 Å². The number of hydrogen-bond acceptors (Lipinski definition) is 2. The van der Waals surface area contributed by atoms with E-state index in [0.29, 0.717) is 6.04 Å². The molecule has 2 heteroatoms. The summed E-state index contributed by atoms with van der Waals surface area (Å²) in [5.41, 5.74) is 12.3. The van der Waals surface area contributed by atoms with E-state index in [1.165, 1.54) is 44.6 Å². The Kier molecular flexibility index (Phi) is 6.57. The lowest BCUT2D eigenvalue weighted by atomic mass is 9.90. The first kappa shape index (κ1) is 21.8. The van der Waals surface area contributed by atoms with Crippen LogP contribution in [0, 0.1) is 13.8 Å². The number of benzene rings is 2. The second kappa shape index (κ2) is 9.36. The van der Waals surface area contributed by atoms with Gasteiger partial charge in [0, 0.05) is 30.4 Å². The van der Waals surface area contributed by atoms with Crippen molar-refractivity contribution in [3.63, 3.8) is 0 Å². The summed E-state index contributed by atoms with van der Waals surface area (Å²) in [6.45, 7) is 13.4. The fourth-order valence-electron chi connectivity index (χ4n) is 5.37. The van der Waals surface area contributed by atoms with E-state index in [1.807, 2.05) is 0 Å². The number of pyridine rings is 1. The van der Waals surface area contributed by atoms with Crippen LogP contribution in [0.15, 0.2) is 48.5 Å². The first-order chi connectivity index (χ1) is 15.1. The number of fused-ring (bicyclic) bond motifs is 1. The van der Waals surface area contributed by atoms with Crippen molar-refractivity contribution in [2.75, 3.05) is 6.54 Å². The summed E-state index contributed by atoms with van der Waals surface area (Å²) in [5, 5.41) is 0. The summed E-state index contributed by atoms with van der Waals surface area (Å²) in [6.07, 6.45) is 4.36. The van der Waals surface area contributed by atoms with E-state index in [-0.39, 0.29) is 0 Å². The van der Waals surface area contributed by atoms with Crippen LogP contribution in [0.2, 0.25) is 0 Å². The molecule has 3 aromatic rings. The average Bonchev–Trinajstić information content (AvgIpc) is 2.80. The Bertz CT molecular complexity index is 1020. The van der Waals surface area contributed by atoms with Crippen molar-refractivity contribution in [1.29, 1.82) is 0 Å². The van der Waals surface area contributed by atoms with Crippen LogP contribution < -0.4 is 0 Å². The van der Waals surface area contributed by atoms with Crippen LogP contribution >= 0.6 is 0 Å². The summed E-state index contributed by atoms with van der Waals surface area (Å²) in [4.78, 5) is 7.82. The highest BCUT2D eigenvalue weighted by atomic mass is 15.2. The second-order valence-corrected chi connectivity index (χ2v) is 8.89. The number of hydrogen-bond donors (Lipinski definition) is 0. The fourth-order valence-corrected chi connectivity index (χ4v) is 5.37. The highest BCUT2D eigenvalue weighted by Gasteiger charge is 2.26. The maximum absolute atomic E-state index is 5.16. The second-order valence-electron chi connectivity index (χ2n) is 8.89. The van der Waals surface area contributed by atoms with Crippen molar-refractivity contribution in [3.8, 4) is 11.3 Å². The Morgan fingerprint density at radius 2 is 1.65 bits per heavy atom. The van der Waals surface area contributed by atoms with E-state index in [1.54, 1.807) is 0 Å². The molecule has 0 bridgehead atoms. The predicted molar refractivity (Wildman–Crippen MR) is 131 cm³/mol. The molecule has 0 fully saturated rings. The SMILES string of the molecule is CCc1cccc(CC)c1-c1cc(C)c(CN2CCc3ccccc3C2CC)c(C)n1. The summed E-state index contributed by atoms with van der Waals surface area (Å²) >= 11 is 0. The van der Waals surface area contributed by atoms with Gasteiger partial charge in [-0.2, -0.15) is 0 Å². The molecule has 0 radical (unpaired) electrons. The Labute approximate surface area is 188 Å². The summed E-state index contributed by atoms with van der Waals surface area (Å²) in [7, 11) is 0. The molecule has 4 rings (SSSR count). The minimum Gasteiger partial charge on any atom is -0.292 e. The number of aromatic nitrogens is 1. The third-order valence-electron chi connectivity index (χ3n) is 7.08. The van der Waals surface area contributed by atoms with Crippen LogP contribution in [-0.2, 0) is 25.8 Å². The first-order valence-electron chi connectivity index (χ1n) is 12.0. The fraction of sp³-hybridized carbons (Fsp3) is 0.414. The van der Waals surface area contributed by atoms with Crippen molar-refractivity contribution < 1.29 is 0 Å². The molecule has 0 N–H and O–H groups in total. The lowest BCUT2D eigenvalue weighted by molar-refractivity contribution is 0.170. The summed E-state index contributed by atoms with van der Waals surface area (Å²) in [5.74, 6) is 0. The Morgan fingerprint density at radius 3 is 2.29 bits per heavy atom. The standard InChI is InChI=1S/C29H36N2/c1-6-22-13-11-14-23(7-2)29(22)27-18-20(4)26(21(5)30-27)19-31-17-16-24-12-9-10-15-25(24)28(31)8-3/h9-15,18,28H,6-8,16-17,19H2,1-5H3. The van der Waals surface area contributed by atoms with E-state index >= 15 is 0 Å². The van der Waals surface area contributed by atoms with E-state index in [4.69, 9.17) is 4.98 Å². The molecule has 0 amide bonds. The molecule has 0 aliphatic carbocycles. The van der Waals surface area contributed by atoms with Crippen LogP contribution in [0.5, 0.6) is 0 Å². The van der Waals surface area contributed by atoms with Crippen LogP contribution in [0.25, 0.3) is 11.3 Å². The lowest BCUT2D eigenvalue weighted by Gasteiger charge is -2.37. The van der Waals surface area contributed by atoms with Gasteiger partial charge in [-0.3, -0.25) is 9.88 Å². The lowest BCUT2D eigenvalue weighted by Crippen LogP contribution is -2.35. The molecule has 0 saturated heterocycles. The van der Waals surface area contributed by atoms with E-state index in [9.17, 15) is 0 Å². The zero-order valence-corrected chi connectivity index (χ0v) is 19.8. The maximum atomic E-state index is 5.16. The van der Waals surface area contributed by atoms with Crippen molar-refractivity contribution in [1.82, 2.24) is 9.88 Å². The largest absolute Gasteiger partial charge is 0.292 e. The third kappa shape index (κ3) is 4.19. The van der Waals surface area contributed by atoms with Gasteiger partial charge in [-0.1, -0.05) is 63.2 Å². The molecule has 1 aromatic heterocycles. The van der Waals surface area contributed by atoms with Crippen molar-refractivity contribution in [2.24, 2.45) is 0 Å². The van der Waals surface area contributed by atoms with E-state index in [0.717, 1.165) is 44.5 Å². The number of nitrogens with zero attached hydrogens (tertiary/aromatic N) is 2. The van der Waals surface area contributed by atoms with Gasteiger partial charge in [0.05, 0.1) is 5.69 Å². The molecule has 1 aliphatic heterocycles. The Balaban J connectivity index is 1.68. The van der Waals surface area contributed by atoms with Crippen LogP contribution in [0.1, 0.15) is 72.3 Å². The average molecular weight is 413 g/mol. The number of aryl methyl sites for hydroxylation is 4. The molecular formula is C29H36N2. The maximum Gasteiger partial charge on any atom is 0.0713 e. The minimum atomic E-state index is 0.496. The summed E-state index contributed by atoms with van der Waals surface area (Å²) in [6, 6.07) is 18.5. The minimum absolute atomic E-state index is 0.496. The van der Waals surface area contributed by atoms with Gasteiger partial charge in [0.1, 0.15) is 0 Å². The molecule has 0 saturated carbocycles. The number of rotatable bonds is 6. The van der Waals surface area contributed by atoms with Gasteiger partial charge in [0.25, 0.3) is 0 Å². The van der Waals surface area contributed by atoms with Gasteiger partial charge in [-0.25, -0.2) is 0 Å². The molecule has 1 unspecified atom stereocenters. The van der Waals surface area contributed by atoms with Gasteiger partial charge < -0.3 is 0 Å². The van der Waals surface area contributed by atoms with Gasteiger partial charge in [0.2, 0.25) is 0 Å². The van der Waals surface area contributed by atoms with Gasteiger partial charge in [-0.05, 0) is 79.0 Å². The summed E-state index contributed by atoms with van der Waals surface area (Å²) < 4.78 is 0. The van der Waals surface area contributed by atoms with Crippen LogP contribution in [0.4, 0.5) is 0 Å². The normalized spacial score (nSPS) is 16.4. The zero-order chi connectivity index (χ0) is 22.0.